The van der Waals surface area contributed by atoms with Crippen LogP contribution < -0.4 is 11.3 Å². The van der Waals surface area contributed by atoms with Crippen LogP contribution in [0.25, 0.3) is 22.5 Å². The zero-order valence-electron chi connectivity index (χ0n) is 21.9. The Morgan fingerprint density at radius 3 is 2.36 bits per heavy atom. The largest absolute Gasteiger partial charge is 0.439 e. The average molecular weight is 541 g/mol. The highest BCUT2D eigenvalue weighted by molar-refractivity contribution is 6.31. The Morgan fingerprint density at radius 2 is 1.67 bits per heavy atom. The van der Waals surface area contributed by atoms with Gasteiger partial charge in [0.15, 0.2) is 5.82 Å². The number of benzene rings is 3. The molecule has 1 N–H and O–H groups in total. The molecule has 5 rings (SSSR count). The summed E-state index contributed by atoms with van der Waals surface area (Å²) in [7, 11) is 0. The number of H-pyrrole nitrogens is 1. The zero-order chi connectivity index (χ0) is 27.4. The minimum Gasteiger partial charge on any atom is -0.296 e. The van der Waals surface area contributed by atoms with Crippen molar-refractivity contribution < 1.29 is 4.52 Å². The van der Waals surface area contributed by atoms with Gasteiger partial charge in [-0.3, -0.25) is 18.9 Å². The molecule has 2 aromatic heterocycles. The van der Waals surface area contributed by atoms with E-state index in [0.29, 0.717) is 29.6 Å². The highest BCUT2D eigenvalue weighted by atomic mass is 35.5. The SMILES string of the molecule is CCCCc1nc(C)n(Cc2ccccc2Cl)c(=O)c1Cc1ccc(-c2ccccc2-c2noc(=O)[nH]2)cc1. The molecule has 0 bridgehead atoms. The molecular formula is C31H29ClN4O3. The predicted octanol–water partition coefficient (Wildman–Crippen LogP) is 6.20. The summed E-state index contributed by atoms with van der Waals surface area (Å²) in [6.07, 6.45) is 3.23. The summed E-state index contributed by atoms with van der Waals surface area (Å²) in [4.78, 5) is 32.8. The molecule has 0 fully saturated rings. The molecule has 0 aliphatic carbocycles. The molecule has 5 aromatic rings. The number of nitrogens with one attached hydrogen (secondary N) is 1. The lowest BCUT2D eigenvalue weighted by atomic mass is 9.96. The van der Waals surface area contributed by atoms with Crippen LogP contribution in [-0.4, -0.2) is 19.7 Å². The number of unbranched alkanes of at least 4 members (excludes halogenated alkanes) is 1. The van der Waals surface area contributed by atoms with Crippen LogP contribution >= 0.6 is 11.6 Å². The standard InChI is InChI=1S/C31H29ClN4O3/c1-3-4-13-28-26(30(37)36(20(2)33-28)19-23-9-5-8-12-27(23)32)18-21-14-16-22(17-15-21)24-10-6-7-11-25(24)29-34-31(38)39-35-29/h5-12,14-17H,3-4,13,18-19H2,1-2H3,(H,34,35,38). The first-order valence-corrected chi connectivity index (χ1v) is 13.4. The van der Waals surface area contributed by atoms with Crippen molar-refractivity contribution in [1.82, 2.24) is 19.7 Å². The number of hydrogen-bond donors (Lipinski definition) is 1. The third kappa shape index (κ3) is 5.78. The minimum atomic E-state index is -0.596. The van der Waals surface area contributed by atoms with Crippen LogP contribution in [-0.2, 0) is 19.4 Å². The normalized spacial score (nSPS) is 11.2. The van der Waals surface area contributed by atoms with Gasteiger partial charge in [0.2, 0.25) is 0 Å². The number of rotatable bonds is 9. The summed E-state index contributed by atoms with van der Waals surface area (Å²) in [5.74, 6) is 0.471. The maximum Gasteiger partial charge on any atom is 0.439 e. The fourth-order valence-electron chi connectivity index (χ4n) is 4.76. The summed E-state index contributed by atoms with van der Waals surface area (Å²) >= 11 is 6.40. The van der Waals surface area contributed by atoms with Gasteiger partial charge in [-0.05, 0) is 48.1 Å². The topological polar surface area (TPSA) is 93.8 Å². The highest BCUT2D eigenvalue weighted by Gasteiger charge is 2.17. The van der Waals surface area contributed by atoms with Crippen molar-refractivity contribution in [3.05, 3.63) is 127 Å². The lowest BCUT2D eigenvalue weighted by Gasteiger charge is -2.16. The van der Waals surface area contributed by atoms with E-state index < -0.39 is 5.76 Å². The van der Waals surface area contributed by atoms with E-state index >= 15 is 0 Å². The molecule has 7 nitrogen and oxygen atoms in total. The number of halogens is 1. The van der Waals surface area contributed by atoms with Gasteiger partial charge in [-0.1, -0.05) is 96.8 Å². The monoisotopic (exact) mass is 540 g/mol. The van der Waals surface area contributed by atoms with Crippen molar-refractivity contribution in [3.8, 4) is 22.5 Å². The summed E-state index contributed by atoms with van der Waals surface area (Å²) in [5, 5.41) is 4.48. The number of aryl methyl sites for hydroxylation is 2. The molecule has 0 saturated carbocycles. The van der Waals surface area contributed by atoms with Gasteiger partial charge >= 0.3 is 5.76 Å². The predicted molar refractivity (Wildman–Crippen MR) is 153 cm³/mol. The van der Waals surface area contributed by atoms with E-state index in [-0.39, 0.29) is 5.56 Å². The molecule has 198 valence electrons. The summed E-state index contributed by atoms with van der Waals surface area (Å²) in [6, 6.07) is 23.3. The summed E-state index contributed by atoms with van der Waals surface area (Å²) < 4.78 is 6.42. The number of nitrogens with zero attached hydrogens (tertiary/aromatic N) is 3. The first-order chi connectivity index (χ1) is 18.9. The van der Waals surface area contributed by atoms with Crippen molar-refractivity contribution in [2.24, 2.45) is 0 Å². The van der Waals surface area contributed by atoms with E-state index in [1.54, 1.807) is 4.57 Å². The van der Waals surface area contributed by atoms with Crippen LogP contribution in [0.2, 0.25) is 5.02 Å². The Morgan fingerprint density at radius 1 is 0.949 bits per heavy atom. The Hall–Kier alpha value is -4.23. The molecule has 0 saturated heterocycles. The van der Waals surface area contributed by atoms with E-state index in [1.165, 1.54) is 0 Å². The highest BCUT2D eigenvalue weighted by Crippen LogP contribution is 2.30. The van der Waals surface area contributed by atoms with Gasteiger partial charge < -0.3 is 0 Å². The van der Waals surface area contributed by atoms with Crippen molar-refractivity contribution >= 4 is 11.6 Å². The van der Waals surface area contributed by atoms with Gasteiger partial charge in [0, 0.05) is 22.6 Å². The Balaban J connectivity index is 1.49. The van der Waals surface area contributed by atoms with Crippen LogP contribution in [0, 0.1) is 6.92 Å². The van der Waals surface area contributed by atoms with E-state index in [2.05, 4.69) is 17.1 Å². The molecule has 0 unspecified atom stereocenters. The number of hydrogen-bond acceptors (Lipinski definition) is 5. The second kappa shape index (κ2) is 11.7. The molecular weight excluding hydrogens is 512 g/mol. The first-order valence-electron chi connectivity index (χ1n) is 13.0. The van der Waals surface area contributed by atoms with Crippen LogP contribution in [0.3, 0.4) is 0 Å². The Kier molecular flexibility index (Phi) is 7.89. The quantitative estimate of drug-likeness (QED) is 0.240. The van der Waals surface area contributed by atoms with Crippen LogP contribution in [0.5, 0.6) is 0 Å². The molecule has 0 atom stereocenters. The number of aromatic amines is 1. The molecule has 0 spiro atoms. The maximum atomic E-state index is 13.8. The lowest BCUT2D eigenvalue weighted by molar-refractivity contribution is 0.388. The van der Waals surface area contributed by atoms with Crippen molar-refractivity contribution in [2.75, 3.05) is 0 Å². The van der Waals surface area contributed by atoms with Crippen LogP contribution in [0.1, 0.15) is 48.0 Å². The molecule has 0 aliphatic rings. The van der Waals surface area contributed by atoms with E-state index in [9.17, 15) is 9.59 Å². The molecule has 0 aliphatic heterocycles. The molecule has 8 heteroatoms. The smallest absolute Gasteiger partial charge is 0.296 e. The van der Waals surface area contributed by atoms with Gasteiger partial charge in [-0.15, -0.1) is 0 Å². The average Bonchev–Trinajstić information content (AvgIpc) is 3.39. The third-order valence-corrected chi connectivity index (χ3v) is 7.23. The maximum absolute atomic E-state index is 13.8. The lowest BCUT2D eigenvalue weighted by Crippen LogP contribution is -2.30. The summed E-state index contributed by atoms with van der Waals surface area (Å²) in [6.45, 7) is 4.39. The van der Waals surface area contributed by atoms with Gasteiger partial charge in [-0.25, -0.2) is 9.78 Å². The van der Waals surface area contributed by atoms with Crippen molar-refractivity contribution in [3.63, 3.8) is 0 Å². The first kappa shape index (κ1) is 26.4. The van der Waals surface area contributed by atoms with E-state index in [4.69, 9.17) is 21.1 Å². The molecule has 2 heterocycles. The van der Waals surface area contributed by atoms with E-state index in [0.717, 1.165) is 58.3 Å². The van der Waals surface area contributed by atoms with Crippen molar-refractivity contribution in [1.29, 1.82) is 0 Å². The Labute approximate surface area is 231 Å². The fraction of sp³-hybridized carbons (Fsp3) is 0.226. The Bertz CT molecular complexity index is 1720. The van der Waals surface area contributed by atoms with E-state index in [1.807, 2.05) is 79.7 Å². The van der Waals surface area contributed by atoms with Gasteiger partial charge in [0.1, 0.15) is 5.82 Å². The third-order valence-electron chi connectivity index (χ3n) is 6.86. The molecule has 3 aromatic carbocycles. The number of aromatic nitrogens is 4. The zero-order valence-corrected chi connectivity index (χ0v) is 22.7. The van der Waals surface area contributed by atoms with Crippen LogP contribution in [0.4, 0.5) is 0 Å². The van der Waals surface area contributed by atoms with Gasteiger partial charge in [0.25, 0.3) is 5.56 Å². The second-order valence-corrected chi connectivity index (χ2v) is 9.94. The van der Waals surface area contributed by atoms with Gasteiger partial charge in [-0.2, -0.15) is 0 Å². The van der Waals surface area contributed by atoms with Crippen LogP contribution in [0.15, 0.2) is 86.9 Å². The summed E-state index contributed by atoms with van der Waals surface area (Å²) in [5.41, 5.74) is 6.08. The molecule has 39 heavy (non-hydrogen) atoms. The molecule has 0 radical (unpaired) electrons. The van der Waals surface area contributed by atoms with Crippen molar-refractivity contribution in [2.45, 2.75) is 46.1 Å². The second-order valence-electron chi connectivity index (χ2n) is 9.53. The fourth-order valence-corrected chi connectivity index (χ4v) is 4.96. The minimum absolute atomic E-state index is 0.0297. The van der Waals surface area contributed by atoms with Gasteiger partial charge in [0.05, 0.1) is 12.2 Å². The molecule has 0 amide bonds.